The number of thiazole rings is 1. The highest BCUT2D eigenvalue weighted by molar-refractivity contribution is 7.07. The quantitative estimate of drug-likeness (QED) is 0.405. The predicted molar refractivity (Wildman–Crippen MR) is 142 cm³/mol. The number of rotatable bonds is 5. The molecule has 7 nitrogen and oxygen atoms in total. The summed E-state index contributed by atoms with van der Waals surface area (Å²) in [5, 5.41) is 9.70. The van der Waals surface area contributed by atoms with Crippen LogP contribution in [0.15, 0.2) is 82.2 Å². The summed E-state index contributed by atoms with van der Waals surface area (Å²) >= 11 is 1.51. The molecule has 0 unspecified atom stereocenters. The van der Waals surface area contributed by atoms with Crippen LogP contribution < -0.4 is 19.8 Å². The standard InChI is InChI=1S/C27H25N5O2S/c1-18-4-9-21(10-5-18)29-27-32(28-15-19-6-11-22(12-7-19)31(2)3)24(17-35-27)20-8-13-25-23(14-20)30-26(33)16-34-25/h4-15,17H,16H2,1-3H3,(H,30,33). The number of nitrogens with one attached hydrogen (secondary N) is 1. The van der Waals surface area contributed by atoms with Crippen LogP contribution in [-0.4, -0.2) is 37.5 Å². The molecule has 0 bridgehead atoms. The number of ether oxygens (including phenoxy) is 1. The smallest absolute Gasteiger partial charge is 0.262 e. The Balaban J connectivity index is 1.58. The Morgan fingerprint density at radius 1 is 1.06 bits per heavy atom. The zero-order chi connectivity index (χ0) is 24.4. The van der Waals surface area contributed by atoms with E-state index in [0.717, 1.165) is 33.0 Å². The van der Waals surface area contributed by atoms with Crippen molar-refractivity contribution in [2.45, 2.75) is 6.92 Å². The number of carbonyl (C=O) groups is 1. The summed E-state index contributed by atoms with van der Waals surface area (Å²) in [4.78, 5) is 19.5. The van der Waals surface area contributed by atoms with Gasteiger partial charge in [-0.2, -0.15) is 5.10 Å². The molecule has 0 fully saturated rings. The lowest BCUT2D eigenvalue weighted by Crippen LogP contribution is -2.25. The molecule has 176 valence electrons. The molecule has 8 heteroatoms. The molecule has 1 N–H and O–H groups in total. The van der Waals surface area contributed by atoms with E-state index in [9.17, 15) is 4.79 Å². The number of amides is 1. The van der Waals surface area contributed by atoms with Gasteiger partial charge < -0.3 is 15.0 Å². The van der Waals surface area contributed by atoms with Crippen molar-refractivity contribution in [3.05, 3.63) is 88.0 Å². The molecule has 1 aromatic heterocycles. The lowest BCUT2D eigenvalue weighted by Gasteiger charge is -2.18. The van der Waals surface area contributed by atoms with Crippen molar-refractivity contribution in [1.82, 2.24) is 4.68 Å². The van der Waals surface area contributed by atoms with E-state index in [1.807, 2.05) is 85.0 Å². The molecule has 0 radical (unpaired) electrons. The first kappa shape index (κ1) is 22.6. The SMILES string of the molecule is Cc1ccc(N=c2scc(-c3ccc4c(c3)NC(=O)CO4)n2N=Cc2ccc(N(C)C)cc2)cc1. The van der Waals surface area contributed by atoms with Crippen LogP contribution in [0.1, 0.15) is 11.1 Å². The van der Waals surface area contributed by atoms with Crippen LogP contribution in [0.3, 0.4) is 0 Å². The van der Waals surface area contributed by atoms with E-state index in [4.69, 9.17) is 14.8 Å². The van der Waals surface area contributed by atoms with Gasteiger partial charge in [-0.1, -0.05) is 29.8 Å². The van der Waals surface area contributed by atoms with Crippen LogP contribution in [0, 0.1) is 6.92 Å². The van der Waals surface area contributed by atoms with Crippen molar-refractivity contribution >= 4 is 40.5 Å². The number of carbonyl (C=O) groups excluding carboxylic acids is 1. The monoisotopic (exact) mass is 483 g/mol. The van der Waals surface area contributed by atoms with E-state index < -0.39 is 0 Å². The average molecular weight is 484 g/mol. The number of anilines is 2. The number of benzene rings is 3. The summed E-state index contributed by atoms with van der Waals surface area (Å²) in [6.45, 7) is 2.08. The Hall–Kier alpha value is -4.17. The Morgan fingerprint density at radius 3 is 2.57 bits per heavy atom. The van der Waals surface area contributed by atoms with E-state index in [1.54, 1.807) is 0 Å². The zero-order valence-corrected chi connectivity index (χ0v) is 20.5. The van der Waals surface area contributed by atoms with Gasteiger partial charge in [0.05, 0.1) is 23.3 Å². The fourth-order valence-corrected chi connectivity index (χ4v) is 4.50. The second kappa shape index (κ2) is 9.60. The molecule has 0 spiro atoms. The van der Waals surface area contributed by atoms with Crippen molar-refractivity contribution in [2.75, 3.05) is 30.9 Å². The van der Waals surface area contributed by atoms with E-state index >= 15 is 0 Å². The van der Waals surface area contributed by atoms with Gasteiger partial charge in [-0.05, 0) is 55.0 Å². The van der Waals surface area contributed by atoms with E-state index in [-0.39, 0.29) is 12.5 Å². The Morgan fingerprint density at radius 2 is 1.83 bits per heavy atom. The second-order valence-electron chi connectivity index (χ2n) is 8.44. The first-order valence-corrected chi connectivity index (χ1v) is 12.0. The molecule has 4 aromatic rings. The molecule has 3 aromatic carbocycles. The lowest BCUT2D eigenvalue weighted by atomic mass is 10.1. The molecule has 35 heavy (non-hydrogen) atoms. The predicted octanol–water partition coefficient (Wildman–Crippen LogP) is 5.04. The Kier molecular flexibility index (Phi) is 6.20. The first-order valence-electron chi connectivity index (χ1n) is 11.2. The molecule has 1 aliphatic heterocycles. The summed E-state index contributed by atoms with van der Waals surface area (Å²) in [7, 11) is 4.03. The van der Waals surface area contributed by atoms with Gasteiger partial charge in [0.25, 0.3) is 5.91 Å². The molecule has 0 aliphatic carbocycles. The molecule has 0 atom stereocenters. The van der Waals surface area contributed by atoms with Crippen molar-refractivity contribution in [1.29, 1.82) is 0 Å². The minimum atomic E-state index is -0.165. The average Bonchev–Trinajstić information content (AvgIpc) is 3.26. The lowest BCUT2D eigenvalue weighted by molar-refractivity contribution is -0.118. The third-order valence-corrected chi connectivity index (χ3v) is 6.40. The maximum atomic E-state index is 11.8. The molecule has 1 amide bonds. The van der Waals surface area contributed by atoms with Crippen molar-refractivity contribution < 1.29 is 9.53 Å². The van der Waals surface area contributed by atoms with Gasteiger partial charge in [-0.3, -0.25) is 4.79 Å². The van der Waals surface area contributed by atoms with Gasteiger partial charge in [0.1, 0.15) is 5.75 Å². The fourth-order valence-electron chi connectivity index (χ4n) is 3.64. The van der Waals surface area contributed by atoms with Crippen LogP contribution in [0.5, 0.6) is 5.75 Å². The highest BCUT2D eigenvalue weighted by Gasteiger charge is 2.18. The van der Waals surface area contributed by atoms with Crippen LogP contribution >= 0.6 is 11.3 Å². The minimum absolute atomic E-state index is 0.0290. The summed E-state index contributed by atoms with van der Waals surface area (Å²) < 4.78 is 7.35. The minimum Gasteiger partial charge on any atom is -0.482 e. The molecule has 1 aliphatic rings. The summed E-state index contributed by atoms with van der Waals surface area (Å²) in [5.41, 5.74) is 6.56. The summed E-state index contributed by atoms with van der Waals surface area (Å²) in [6.07, 6.45) is 1.83. The molecule has 5 rings (SSSR count). The maximum absolute atomic E-state index is 11.8. The van der Waals surface area contributed by atoms with Gasteiger partial charge in [0, 0.05) is 30.7 Å². The highest BCUT2D eigenvalue weighted by Crippen LogP contribution is 2.33. The summed E-state index contributed by atoms with van der Waals surface area (Å²) in [5.74, 6) is 0.492. The third-order valence-electron chi connectivity index (χ3n) is 5.58. The second-order valence-corrected chi connectivity index (χ2v) is 9.28. The third kappa shape index (κ3) is 5.02. The Bertz CT molecular complexity index is 1460. The Labute approximate surface area is 207 Å². The molecule has 2 heterocycles. The maximum Gasteiger partial charge on any atom is 0.262 e. The van der Waals surface area contributed by atoms with E-state index in [0.29, 0.717) is 11.4 Å². The van der Waals surface area contributed by atoms with Gasteiger partial charge in [-0.25, -0.2) is 9.67 Å². The number of aromatic nitrogens is 1. The normalized spacial score (nSPS) is 13.5. The van der Waals surface area contributed by atoms with E-state index in [1.165, 1.54) is 16.9 Å². The summed E-state index contributed by atoms with van der Waals surface area (Å²) in [6, 6.07) is 22.0. The van der Waals surface area contributed by atoms with E-state index in [2.05, 4.69) is 29.3 Å². The van der Waals surface area contributed by atoms with Gasteiger partial charge in [-0.15, -0.1) is 11.3 Å². The van der Waals surface area contributed by atoms with Crippen LogP contribution in [0.25, 0.3) is 11.3 Å². The topological polar surface area (TPSA) is 71.2 Å². The van der Waals surface area contributed by atoms with Crippen molar-refractivity contribution in [3.63, 3.8) is 0 Å². The first-order chi connectivity index (χ1) is 17.0. The largest absolute Gasteiger partial charge is 0.482 e. The fraction of sp³-hybridized carbons (Fsp3) is 0.148. The number of nitrogens with zero attached hydrogens (tertiary/aromatic N) is 4. The van der Waals surface area contributed by atoms with Crippen LogP contribution in [-0.2, 0) is 4.79 Å². The van der Waals surface area contributed by atoms with Gasteiger partial charge in [0.2, 0.25) is 4.80 Å². The molecule has 0 saturated carbocycles. The van der Waals surface area contributed by atoms with Gasteiger partial charge in [0.15, 0.2) is 6.61 Å². The van der Waals surface area contributed by atoms with Crippen molar-refractivity contribution in [3.8, 4) is 17.0 Å². The number of hydrogen-bond donors (Lipinski definition) is 1. The highest BCUT2D eigenvalue weighted by atomic mass is 32.1. The number of hydrogen-bond acceptors (Lipinski definition) is 6. The van der Waals surface area contributed by atoms with Crippen molar-refractivity contribution in [2.24, 2.45) is 10.1 Å². The molecule has 0 saturated heterocycles. The van der Waals surface area contributed by atoms with Crippen LogP contribution in [0.2, 0.25) is 0 Å². The number of fused-ring (bicyclic) bond motifs is 1. The van der Waals surface area contributed by atoms with Crippen LogP contribution in [0.4, 0.5) is 17.1 Å². The van der Waals surface area contributed by atoms with Gasteiger partial charge >= 0.3 is 0 Å². The zero-order valence-electron chi connectivity index (χ0n) is 19.7. The molecular weight excluding hydrogens is 458 g/mol. The molecular formula is C27H25N5O2S. The number of aryl methyl sites for hydroxylation is 1.